The number of nitrogens with zero attached hydrogens (tertiary/aromatic N) is 2. The molecule has 0 saturated carbocycles. The topological polar surface area (TPSA) is 6.48 Å². The molecule has 0 atom stereocenters. The molecule has 0 spiro atoms. The molecule has 62 valence electrons. The molecule has 0 radical (unpaired) electrons. The molecule has 0 fully saturated rings. The molecule has 0 bridgehead atoms. The van der Waals surface area contributed by atoms with Crippen LogP contribution in [0.3, 0.4) is 0 Å². The monoisotopic (exact) mass is 182 g/mol. The Bertz CT molecular complexity index is 81.8. The summed E-state index contributed by atoms with van der Waals surface area (Å²) < 4.78 is 4.31. The summed E-state index contributed by atoms with van der Waals surface area (Å²) >= 11 is 6.10. The summed E-state index contributed by atoms with van der Waals surface area (Å²) in [5.74, 6) is 0. The van der Waals surface area contributed by atoms with Crippen LogP contribution < -0.4 is 0 Å². The Morgan fingerprint density at radius 3 is 1.60 bits per heavy atom. The molecule has 0 aromatic carbocycles. The van der Waals surface area contributed by atoms with Crippen LogP contribution in [0.1, 0.15) is 13.8 Å². The zero-order chi connectivity index (χ0) is 8.15. The van der Waals surface area contributed by atoms with E-state index in [4.69, 9.17) is 11.2 Å². The van der Waals surface area contributed by atoms with E-state index in [-0.39, 0.29) is 0 Å². The molecule has 0 heterocycles. The van der Waals surface area contributed by atoms with Gasteiger partial charge in [0, 0.05) is 13.1 Å². The van der Waals surface area contributed by atoms with Crippen LogP contribution >= 0.6 is 18.8 Å². The van der Waals surface area contributed by atoms with Crippen LogP contribution in [0.2, 0.25) is 0 Å². The minimum atomic E-state index is -0.564. The molecule has 10 heavy (non-hydrogen) atoms. The molecular formula is C6H16ClN2P. The third-order valence-electron chi connectivity index (χ3n) is 1.48. The highest BCUT2D eigenvalue weighted by atomic mass is 35.7. The van der Waals surface area contributed by atoms with Crippen molar-refractivity contribution in [1.29, 1.82) is 0 Å². The van der Waals surface area contributed by atoms with Crippen LogP contribution in [0.4, 0.5) is 0 Å². The Kier molecular flexibility index (Phi) is 5.65. The SMILES string of the molecule is CCN(C)P(Cl)N(C)CC. The maximum absolute atomic E-state index is 6.10. The second-order valence-corrected chi connectivity index (χ2v) is 4.94. The van der Waals surface area contributed by atoms with Crippen molar-refractivity contribution in [1.82, 2.24) is 9.34 Å². The molecule has 0 aromatic heterocycles. The number of hydrogen-bond acceptors (Lipinski definition) is 2. The van der Waals surface area contributed by atoms with Crippen molar-refractivity contribution in [2.24, 2.45) is 0 Å². The fraction of sp³-hybridized carbons (Fsp3) is 1.00. The number of hydrogen-bond donors (Lipinski definition) is 0. The van der Waals surface area contributed by atoms with Gasteiger partial charge in [-0.1, -0.05) is 25.1 Å². The lowest BCUT2D eigenvalue weighted by atomic mass is 10.8. The maximum Gasteiger partial charge on any atom is 0.139 e. The minimum absolute atomic E-state index is 0.564. The summed E-state index contributed by atoms with van der Waals surface area (Å²) in [5, 5.41) is 0. The quantitative estimate of drug-likeness (QED) is 0.616. The van der Waals surface area contributed by atoms with Gasteiger partial charge in [0.2, 0.25) is 0 Å². The van der Waals surface area contributed by atoms with Gasteiger partial charge in [-0.15, -0.1) is 0 Å². The fourth-order valence-corrected chi connectivity index (χ4v) is 2.12. The summed E-state index contributed by atoms with van der Waals surface area (Å²) in [6, 6.07) is 0. The summed E-state index contributed by atoms with van der Waals surface area (Å²) in [6.45, 7) is 6.25. The molecule has 0 unspecified atom stereocenters. The van der Waals surface area contributed by atoms with Crippen LogP contribution in [-0.2, 0) is 0 Å². The Morgan fingerprint density at radius 2 is 1.40 bits per heavy atom. The zero-order valence-electron chi connectivity index (χ0n) is 7.13. The third kappa shape index (κ3) is 3.16. The van der Waals surface area contributed by atoms with Gasteiger partial charge in [-0.05, 0) is 14.1 Å². The van der Waals surface area contributed by atoms with Gasteiger partial charge in [0.15, 0.2) is 0 Å². The molecule has 0 rings (SSSR count). The fourth-order valence-electron chi connectivity index (χ4n) is 0.494. The highest BCUT2D eigenvalue weighted by Gasteiger charge is 2.13. The van der Waals surface area contributed by atoms with Crippen molar-refractivity contribution in [3.8, 4) is 0 Å². The lowest BCUT2D eigenvalue weighted by molar-refractivity contribution is 0.503. The second kappa shape index (κ2) is 5.31. The first-order valence-corrected chi connectivity index (χ1v) is 5.66. The van der Waals surface area contributed by atoms with Crippen LogP contribution in [0, 0.1) is 0 Å². The van der Waals surface area contributed by atoms with E-state index in [2.05, 4.69) is 23.2 Å². The smallest absolute Gasteiger partial charge is 0.139 e. The lowest BCUT2D eigenvalue weighted by Gasteiger charge is -2.27. The van der Waals surface area contributed by atoms with Gasteiger partial charge >= 0.3 is 0 Å². The van der Waals surface area contributed by atoms with E-state index >= 15 is 0 Å². The third-order valence-corrected chi connectivity index (χ3v) is 4.72. The van der Waals surface area contributed by atoms with E-state index in [1.165, 1.54) is 0 Å². The van der Waals surface area contributed by atoms with Crippen LogP contribution in [0.25, 0.3) is 0 Å². The molecule has 0 saturated heterocycles. The van der Waals surface area contributed by atoms with E-state index < -0.39 is 7.58 Å². The highest BCUT2D eigenvalue weighted by Crippen LogP contribution is 2.46. The first-order valence-electron chi connectivity index (χ1n) is 3.51. The summed E-state index contributed by atoms with van der Waals surface area (Å²) in [4.78, 5) is 0. The van der Waals surface area contributed by atoms with E-state index in [1.54, 1.807) is 0 Å². The Morgan fingerprint density at radius 1 is 1.10 bits per heavy atom. The molecule has 2 nitrogen and oxygen atoms in total. The van der Waals surface area contributed by atoms with Gasteiger partial charge in [0.1, 0.15) is 7.58 Å². The van der Waals surface area contributed by atoms with Gasteiger partial charge in [0.25, 0.3) is 0 Å². The summed E-state index contributed by atoms with van der Waals surface area (Å²) in [5.41, 5.74) is 0. The Balaban J connectivity index is 3.69. The molecule has 0 amide bonds. The van der Waals surface area contributed by atoms with Crippen LogP contribution in [-0.4, -0.2) is 36.5 Å². The minimum Gasteiger partial charge on any atom is -0.261 e. The van der Waals surface area contributed by atoms with E-state index in [0.29, 0.717) is 0 Å². The van der Waals surface area contributed by atoms with Crippen molar-refractivity contribution in [3.05, 3.63) is 0 Å². The zero-order valence-corrected chi connectivity index (χ0v) is 8.78. The average molecular weight is 183 g/mol. The average Bonchev–Trinajstić information content (AvgIpc) is 2.00. The number of halogens is 1. The summed E-state index contributed by atoms with van der Waals surface area (Å²) in [7, 11) is 3.53. The van der Waals surface area contributed by atoms with Crippen molar-refractivity contribution < 1.29 is 0 Å². The van der Waals surface area contributed by atoms with Gasteiger partial charge in [-0.2, -0.15) is 0 Å². The molecule has 4 heteroatoms. The standard InChI is InChI=1S/C6H16ClN2P/c1-5-8(3)10(7)9(4)6-2/h5-6H2,1-4H3. The first kappa shape index (κ1) is 10.6. The molecule has 0 aliphatic rings. The largest absolute Gasteiger partial charge is 0.261 e. The van der Waals surface area contributed by atoms with Gasteiger partial charge in [-0.3, -0.25) is 9.34 Å². The lowest BCUT2D eigenvalue weighted by Crippen LogP contribution is -2.20. The van der Waals surface area contributed by atoms with Gasteiger partial charge < -0.3 is 0 Å². The van der Waals surface area contributed by atoms with Crippen molar-refractivity contribution in [3.63, 3.8) is 0 Å². The van der Waals surface area contributed by atoms with Gasteiger partial charge in [0.05, 0.1) is 0 Å². The molecule has 0 aliphatic heterocycles. The first-order chi connectivity index (χ1) is 4.63. The van der Waals surface area contributed by atoms with E-state index in [9.17, 15) is 0 Å². The molecule has 0 aliphatic carbocycles. The normalized spacial score (nSPS) is 12.0. The van der Waals surface area contributed by atoms with Crippen LogP contribution in [0.15, 0.2) is 0 Å². The molecule has 0 N–H and O–H groups in total. The van der Waals surface area contributed by atoms with Gasteiger partial charge in [-0.25, -0.2) is 0 Å². The number of rotatable bonds is 4. The van der Waals surface area contributed by atoms with Crippen LogP contribution in [0.5, 0.6) is 0 Å². The van der Waals surface area contributed by atoms with Crippen molar-refractivity contribution in [2.45, 2.75) is 13.8 Å². The second-order valence-electron chi connectivity index (χ2n) is 2.19. The predicted octanol–water partition coefficient (Wildman–Crippen LogP) is 2.36. The van der Waals surface area contributed by atoms with Crippen molar-refractivity contribution in [2.75, 3.05) is 27.2 Å². The molecular weight excluding hydrogens is 167 g/mol. The predicted molar refractivity (Wildman–Crippen MR) is 49.4 cm³/mol. The van der Waals surface area contributed by atoms with E-state index in [1.807, 2.05) is 14.1 Å². The molecule has 0 aromatic rings. The van der Waals surface area contributed by atoms with Crippen molar-refractivity contribution >= 4 is 18.8 Å². The Labute approximate surface area is 69.8 Å². The Hall–Kier alpha value is 0.640. The summed E-state index contributed by atoms with van der Waals surface area (Å²) in [6.07, 6.45) is 0. The maximum atomic E-state index is 6.10. The van der Waals surface area contributed by atoms with E-state index in [0.717, 1.165) is 13.1 Å². The highest BCUT2D eigenvalue weighted by molar-refractivity contribution is 7.80.